The van der Waals surface area contributed by atoms with Crippen LogP contribution in [0.5, 0.6) is 5.75 Å². The zero-order chi connectivity index (χ0) is 26.3. The molecule has 0 saturated carbocycles. The van der Waals surface area contributed by atoms with E-state index in [9.17, 15) is 13.2 Å². The number of carbonyl (C=O) groups is 1. The Morgan fingerprint density at radius 2 is 1.53 bits per heavy atom. The minimum absolute atomic E-state index is 0.0262. The molecule has 0 unspecified atom stereocenters. The highest BCUT2D eigenvalue weighted by Gasteiger charge is 2.41. The van der Waals surface area contributed by atoms with Crippen molar-refractivity contribution in [2.24, 2.45) is 0 Å². The van der Waals surface area contributed by atoms with Gasteiger partial charge in [0.2, 0.25) is 10.0 Å². The first-order chi connectivity index (χ1) is 18.5. The van der Waals surface area contributed by atoms with E-state index in [0.717, 1.165) is 21.9 Å². The molecule has 4 aromatic rings. The number of rotatable bonds is 6. The van der Waals surface area contributed by atoms with Crippen LogP contribution in [0.25, 0.3) is 10.8 Å². The summed E-state index contributed by atoms with van der Waals surface area (Å²) in [6.07, 6.45) is 0. The zero-order valence-corrected chi connectivity index (χ0v) is 21.9. The lowest BCUT2D eigenvalue weighted by atomic mass is 10.0. The highest BCUT2D eigenvalue weighted by Crippen LogP contribution is 2.47. The van der Waals surface area contributed by atoms with Crippen LogP contribution in [0.3, 0.4) is 0 Å². The first-order valence-corrected chi connectivity index (χ1v) is 14.2. The number of nitrogens with zero attached hydrogens (tertiary/aromatic N) is 2. The lowest BCUT2D eigenvalue weighted by Gasteiger charge is -2.40. The van der Waals surface area contributed by atoms with Crippen LogP contribution < -0.4 is 9.46 Å². The Hall–Kier alpha value is -3.72. The molecule has 1 aliphatic heterocycles. The highest BCUT2D eigenvalue weighted by molar-refractivity contribution is 7.89. The van der Waals surface area contributed by atoms with Gasteiger partial charge in [0.15, 0.2) is 0 Å². The minimum Gasteiger partial charge on any atom is -0.497 e. The van der Waals surface area contributed by atoms with Gasteiger partial charge < -0.3 is 9.64 Å². The number of benzene rings is 4. The van der Waals surface area contributed by atoms with Crippen molar-refractivity contribution in [3.63, 3.8) is 0 Å². The molecule has 1 N–H and O–H groups in total. The molecule has 194 valence electrons. The van der Waals surface area contributed by atoms with Crippen molar-refractivity contribution >= 4 is 26.7 Å². The largest absolute Gasteiger partial charge is 0.497 e. The Labute approximate surface area is 222 Å². The van der Waals surface area contributed by atoms with Crippen molar-refractivity contribution in [1.29, 1.82) is 0 Å². The number of amides is 1. The quantitative estimate of drug-likeness (QED) is 0.403. The minimum atomic E-state index is -3.75. The van der Waals surface area contributed by atoms with E-state index in [1.165, 1.54) is 0 Å². The molecule has 6 rings (SSSR count). The molecule has 2 aliphatic rings. The molecular weight excluding hydrogens is 498 g/mol. The monoisotopic (exact) mass is 527 g/mol. The van der Waals surface area contributed by atoms with Gasteiger partial charge in [-0.3, -0.25) is 9.69 Å². The number of nitrogens with one attached hydrogen (secondary N) is 1. The average molecular weight is 528 g/mol. The predicted molar refractivity (Wildman–Crippen MR) is 147 cm³/mol. The third-order valence-electron chi connectivity index (χ3n) is 7.59. The van der Waals surface area contributed by atoms with Gasteiger partial charge in [0.05, 0.1) is 24.1 Å². The van der Waals surface area contributed by atoms with Gasteiger partial charge in [-0.15, -0.1) is 0 Å². The molecule has 0 aromatic heterocycles. The van der Waals surface area contributed by atoms with Crippen molar-refractivity contribution in [2.45, 2.75) is 17.0 Å². The van der Waals surface area contributed by atoms with Gasteiger partial charge in [0.1, 0.15) is 5.75 Å². The van der Waals surface area contributed by atoms with Crippen LogP contribution in [0.4, 0.5) is 0 Å². The molecule has 0 radical (unpaired) electrons. The summed E-state index contributed by atoms with van der Waals surface area (Å²) >= 11 is 0. The fourth-order valence-corrected chi connectivity index (χ4v) is 7.01. The van der Waals surface area contributed by atoms with Crippen LogP contribution in [0.2, 0.25) is 0 Å². The molecule has 2 atom stereocenters. The van der Waals surface area contributed by atoms with E-state index < -0.39 is 16.1 Å². The molecule has 38 heavy (non-hydrogen) atoms. The van der Waals surface area contributed by atoms with Crippen molar-refractivity contribution in [3.05, 3.63) is 108 Å². The predicted octanol–water partition coefficient (Wildman–Crippen LogP) is 4.38. The lowest BCUT2D eigenvalue weighted by Crippen LogP contribution is -2.51. The van der Waals surface area contributed by atoms with Gasteiger partial charge in [-0.25, -0.2) is 13.1 Å². The van der Waals surface area contributed by atoms with Gasteiger partial charge in [0, 0.05) is 31.7 Å². The molecule has 0 bridgehead atoms. The molecular formula is C30H29N3O4S. The summed E-state index contributed by atoms with van der Waals surface area (Å²) in [7, 11) is -2.16. The van der Waals surface area contributed by atoms with Crippen LogP contribution >= 0.6 is 0 Å². The van der Waals surface area contributed by atoms with Gasteiger partial charge in [-0.2, -0.15) is 0 Å². The molecule has 1 saturated heterocycles. The smallest absolute Gasteiger partial charge is 0.254 e. The van der Waals surface area contributed by atoms with E-state index in [2.05, 4.69) is 27.8 Å². The van der Waals surface area contributed by atoms with E-state index >= 15 is 0 Å². The van der Waals surface area contributed by atoms with Gasteiger partial charge in [0.25, 0.3) is 5.91 Å². The number of hydrogen-bond acceptors (Lipinski definition) is 5. The summed E-state index contributed by atoms with van der Waals surface area (Å²) in [5.41, 5.74) is 2.70. The second-order valence-corrected chi connectivity index (χ2v) is 11.4. The standard InChI is InChI=1S/C30H29N3O4S/c1-37-23-11-5-10-22(20-23)30(34)33-18-16-32(17-19-33)29-26-15-7-9-21-8-6-14-25(27(21)26)28(29)31-38(35,36)24-12-3-2-4-13-24/h2-15,20,28-29,31H,16-19H2,1H3/t28-,29+/m0/s1. The van der Waals surface area contributed by atoms with E-state index in [1.807, 2.05) is 35.2 Å². The fraction of sp³-hybridized carbons (Fsp3) is 0.233. The summed E-state index contributed by atoms with van der Waals surface area (Å²) in [6, 6.07) is 27.4. The number of ether oxygens (including phenoxy) is 1. The number of sulfonamides is 1. The Bertz CT molecular complexity index is 1590. The Kier molecular flexibility index (Phi) is 6.39. The maximum absolute atomic E-state index is 13.4. The molecule has 4 aromatic carbocycles. The normalized spacial score (nSPS) is 19.6. The molecule has 1 heterocycles. The topological polar surface area (TPSA) is 79.0 Å². The second kappa shape index (κ2) is 9.87. The molecule has 1 amide bonds. The maximum atomic E-state index is 13.4. The van der Waals surface area contributed by atoms with Crippen molar-refractivity contribution in [1.82, 2.24) is 14.5 Å². The molecule has 0 spiro atoms. The summed E-state index contributed by atoms with van der Waals surface area (Å²) in [4.78, 5) is 17.6. The fourth-order valence-electron chi connectivity index (χ4n) is 5.77. The van der Waals surface area contributed by atoms with Crippen LogP contribution in [0, 0.1) is 0 Å². The van der Waals surface area contributed by atoms with Crippen molar-refractivity contribution < 1.29 is 17.9 Å². The second-order valence-electron chi connectivity index (χ2n) is 9.71. The van der Waals surface area contributed by atoms with E-state index in [-0.39, 0.29) is 16.8 Å². The first-order valence-electron chi connectivity index (χ1n) is 12.7. The number of hydrogen-bond donors (Lipinski definition) is 1. The summed E-state index contributed by atoms with van der Waals surface area (Å²) in [6.45, 7) is 2.37. The number of methoxy groups -OCH3 is 1. The van der Waals surface area contributed by atoms with Gasteiger partial charge in [-0.1, -0.05) is 60.7 Å². The van der Waals surface area contributed by atoms with Crippen molar-refractivity contribution in [3.8, 4) is 5.75 Å². The zero-order valence-electron chi connectivity index (χ0n) is 21.1. The van der Waals surface area contributed by atoms with Gasteiger partial charge >= 0.3 is 0 Å². The van der Waals surface area contributed by atoms with Crippen LogP contribution in [-0.4, -0.2) is 57.4 Å². The summed E-state index contributed by atoms with van der Waals surface area (Å²) in [5.74, 6) is 0.626. The lowest BCUT2D eigenvalue weighted by molar-refractivity contribution is 0.0539. The molecule has 8 heteroatoms. The number of carbonyl (C=O) groups excluding carboxylic acids is 1. The van der Waals surface area contributed by atoms with Crippen LogP contribution in [0.1, 0.15) is 33.6 Å². The molecule has 1 aliphatic carbocycles. The Morgan fingerprint density at radius 1 is 0.842 bits per heavy atom. The Morgan fingerprint density at radius 3 is 2.24 bits per heavy atom. The van der Waals surface area contributed by atoms with E-state index in [0.29, 0.717) is 37.5 Å². The average Bonchev–Trinajstić information content (AvgIpc) is 3.27. The van der Waals surface area contributed by atoms with E-state index in [4.69, 9.17) is 4.74 Å². The van der Waals surface area contributed by atoms with E-state index in [1.54, 1.807) is 49.6 Å². The Balaban J connectivity index is 1.29. The summed E-state index contributed by atoms with van der Waals surface area (Å²) in [5, 5.41) is 2.20. The summed E-state index contributed by atoms with van der Waals surface area (Å²) < 4.78 is 35.2. The van der Waals surface area contributed by atoms with Crippen LogP contribution in [-0.2, 0) is 10.0 Å². The molecule has 1 fully saturated rings. The first kappa shape index (κ1) is 24.6. The SMILES string of the molecule is COc1cccc(C(=O)N2CCN([C@@H]3c4cccc5cccc(c45)[C@@H]3NS(=O)(=O)c3ccccc3)CC2)c1. The van der Waals surface area contributed by atoms with Crippen molar-refractivity contribution in [2.75, 3.05) is 33.3 Å². The number of piperazine rings is 1. The van der Waals surface area contributed by atoms with Gasteiger partial charge in [-0.05, 0) is 52.2 Å². The maximum Gasteiger partial charge on any atom is 0.254 e. The highest BCUT2D eigenvalue weighted by atomic mass is 32.2. The van der Waals surface area contributed by atoms with Crippen LogP contribution in [0.15, 0.2) is 95.9 Å². The molecule has 7 nitrogen and oxygen atoms in total. The third-order valence-corrected chi connectivity index (χ3v) is 9.04. The third kappa shape index (κ3) is 4.34.